The van der Waals surface area contributed by atoms with Crippen LogP contribution in [0.25, 0.3) is 0 Å². The van der Waals surface area contributed by atoms with Crippen molar-refractivity contribution in [2.24, 2.45) is 0 Å². The van der Waals surface area contributed by atoms with Crippen LogP contribution in [-0.4, -0.2) is 35.4 Å². The van der Waals surface area contributed by atoms with Crippen LogP contribution in [0, 0.1) is 6.92 Å². The van der Waals surface area contributed by atoms with Crippen LogP contribution < -0.4 is 19.7 Å². The molecule has 0 saturated heterocycles. The number of fused-ring (bicyclic) bond motifs is 2. The molecule has 1 amide bonds. The minimum absolute atomic E-state index is 0.0920. The van der Waals surface area contributed by atoms with Gasteiger partial charge in [0.15, 0.2) is 11.5 Å². The SMILES string of the molecule is Cc1cc2n(n1)CCCN2Cc1ccc(C(=O)N[C@H](C)c2ccc3c(c2)OCCO3)cc1. The first-order chi connectivity index (χ1) is 15.6. The van der Waals surface area contributed by atoms with Crippen LogP contribution in [0.15, 0.2) is 48.5 Å². The number of carbonyl (C=O) groups excluding carboxylic acids is 1. The summed E-state index contributed by atoms with van der Waals surface area (Å²) in [5.41, 5.74) is 3.86. The number of nitrogens with one attached hydrogen (secondary N) is 1. The Morgan fingerprint density at radius 2 is 1.84 bits per heavy atom. The number of amides is 1. The van der Waals surface area contributed by atoms with Crippen LogP contribution in [0.5, 0.6) is 11.5 Å². The first-order valence-electron chi connectivity index (χ1n) is 11.2. The first-order valence-corrected chi connectivity index (χ1v) is 11.2. The summed E-state index contributed by atoms with van der Waals surface area (Å²) in [5.74, 6) is 2.56. The fraction of sp³-hybridized carbons (Fsp3) is 0.360. The van der Waals surface area contributed by atoms with Crippen molar-refractivity contribution in [2.75, 3.05) is 24.7 Å². The third-order valence-corrected chi connectivity index (χ3v) is 6.01. The summed E-state index contributed by atoms with van der Waals surface area (Å²) in [6.45, 7) is 7.90. The zero-order valence-electron chi connectivity index (χ0n) is 18.5. The van der Waals surface area contributed by atoms with Crippen molar-refractivity contribution in [3.05, 3.63) is 70.9 Å². The van der Waals surface area contributed by atoms with E-state index in [9.17, 15) is 4.79 Å². The van der Waals surface area contributed by atoms with Gasteiger partial charge in [0.05, 0.1) is 11.7 Å². The first kappa shape index (κ1) is 20.4. The lowest BCUT2D eigenvalue weighted by Gasteiger charge is -2.29. The van der Waals surface area contributed by atoms with E-state index < -0.39 is 0 Å². The van der Waals surface area contributed by atoms with E-state index in [1.54, 1.807) is 0 Å². The van der Waals surface area contributed by atoms with Gasteiger partial charge in [-0.3, -0.25) is 4.79 Å². The van der Waals surface area contributed by atoms with E-state index in [1.165, 1.54) is 11.4 Å². The number of ether oxygens (including phenoxy) is 2. The van der Waals surface area contributed by atoms with E-state index in [1.807, 2.05) is 56.3 Å². The number of hydrogen-bond acceptors (Lipinski definition) is 5. The van der Waals surface area contributed by atoms with E-state index >= 15 is 0 Å². The Hall–Kier alpha value is -3.48. The fourth-order valence-electron chi connectivity index (χ4n) is 4.31. The molecular weight excluding hydrogens is 404 g/mol. The number of anilines is 1. The Morgan fingerprint density at radius 3 is 2.66 bits per heavy atom. The third kappa shape index (κ3) is 4.15. The van der Waals surface area contributed by atoms with Gasteiger partial charge in [0.1, 0.15) is 19.0 Å². The van der Waals surface area contributed by atoms with Gasteiger partial charge in [-0.1, -0.05) is 18.2 Å². The molecule has 0 bridgehead atoms. The average molecular weight is 433 g/mol. The predicted molar refractivity (Wildman–Crippen MR) is 122 cm³/mol. The van der Waals surface area contributed by atoms with Gasteiger partial charge in [-0.05, 0) is 55.7 Å². The highest BCUT2D eigenvalue weighted by atomic mass is 16.6. The molecule has 1 aromatic heterocycles. The van der Waals surface area contributed by atoms with Crippen LogP contribution in [0.2, 0.25) is 0 Å². The summed E-state index contributed by atoms with van der Waals surface area (Å²) in [4.78, 5) is 15.1. The molecule has 1 atom stereocenters. The molecule has 0 saturated carbocycles. The highest BCUT2D eigenvalue weighted by molar-refractivity contribution is 5.94. The smallest absolute Gasteiger partial charge is 0.251 e. The van der Waals surface area contributed by atoms with E-state index in [0.29, 0.717) is 18.8 Å². The number of rotatable bonds is 5. The van der Waals surface area contributed by atoms with Gasteiger partial charge in [-0.2, -0.15) is 5.10 Å². The molecule has 2 aromatic carbocycles. The second-order valence-corrected chi connectivity index (χ2v) is 8.44. The molecule has 2 aliphatic rings. The monoisotopic (exact) mass is 432 g/mol. The zero-order chi connectivity index (χ0) is 22.1. The minimum atomic E-state index is -0.144. The predicted octanol–water partition coefficient (Wildman–Crippen LogP) is 3.86. The lowest BCUT2D eigenvalue weighted by molar-refractivity contribution is 0.0939. The van der Waals surface area contributed by atoms with E-state index in [-0.39, 0.29) is 11.9 Å². The second kappa shape index (κ2) is 8.57. The van der Waals surface area contributed by atoms with Crippen molar-refractivity contribution in [1.29, 1.82) is 0 Å². The van der Waals surface area contributed by atoms with E-state index in [2.05, 4.69) is 26.1 Å². The quantitative estimate of drug-likeness (QED) is 0.663. The number of benzene rings is 2. The summed E-state index contributed by atoms with van der Waals surface area (Å²) in [7, 11) is 0. The van der Waals surface area contributed by atoms with Crippen molar-refractivity contribution in [1.82, 2.24) is 15.1 Å². The maximum absolute atomic E-state index is 12.8. The molecule has 1 N–H and O–H groups in total. The number of carbonyl (C=O) groups is 1. The molecule has 3 heterocycles. The number of hydrogen-bond donors (Lipinski definition) is 1. The number of nitrogens with zero attached hydrogens (tertiary/aromatic N) is 3. The van der Waals surface area contributed by atoms with Gasteiger partial charge < -0.3 is 19.7 Å². The highest BCUT2D eigenvalue weighted by Gasteiger charge is 2.19. The van der Waals surface area contributed by atoms with Gasteiger partial charge in [0.2, 0.25) is 0 Å². The van der Waals surface area contributed by atoms with E-state index in [0.717, 1.165) is 48.8 Å². The third-order valence-electron chi connectivity index (χ3n) is 6.01. The van der Waals surface area contributed by atoms with Gasteiger partial charge >= 0.3 is 0 Å². The minimum Gasteiger partial charge on any atom is -0.486 e. The number of aromatic nitrogens is 2. The zero-order valence-corrected chi connectivity index (χ0v) is 18.5. The van der Waals surface area contributed by atoms with Crippen LogP contribution in [0.3, 0.4) is 0 Å². The molecule has 5 rings (SSSR count). The van der Waals surface area contributed by atoms with Crippen molar-refractivity contribution >= 4 is 11.7 Å². The van der Waals surface area contributed by atoms with Crippen LogP contribution in [0.1, 0.15) is 46.6 Å². The molecule has 7 nitrogen and oxygen atoms in total. The maximum atomic E-state index is 12.8. The Bertz CT molecular complexity index is 1120. The van der Waals surface area contributed by atoms with Gasteiger partial charge in [-0.25, -0.2) is 4.68 Å². The van der Waals surface area contributed by atoms with Crippen molar-refractivity contribution in [2.45, 2.75) is 39.4 Å². The van der Waals surface area contributed by atoms with Gasteiger partial charge in [0.25, 0.3) is 5.91 Å². The molecule has 0 aliphatic carbocycles. The fourth-order valence-corrected chi connectivity index (χ4v) is 4.31. The van der Waals surface area contributed by atoms with E-state index in [4.69, 9.17) is 9.47 Å². The van der Waals surface area contributed by atoms with Gasteiger partial charge in [-0.15, -0.1) is 0 Å². The molecule has 32 heavy (non-hydrogen) atoms. The standard InChI is InChI=1S/C25H28N4O3/c1-17-14-24-28(10-3-11-29(24)27-17)16-19-4-6-20(7-5-19)25(30)26-18(2)21-8-9-22-23(15-21)32-13-12-31-22/h4-9,14-15,18H,3,10-13,16H2,1-2H3,(H,26,30)/t18-/m1/s1. The summed E-state index contributed by atoms with van der Waals surface area (Å²) in [5, 5.41) is 7.64. The van der Waals surface area contributed by atoms with Crippen LogP contribution in [-0.2, 0) is 13.1 Å². The lowest BCUT2D eigenvalue weighted by atomic mass is 10.1. The van der Waals surface area contributed by atoms with Crippen molar-refractivity contribution in [3.63, 3.8) is 0 Å². The molecule has 0 radical (unpaired) electrons. The summed E-state index contributed by atoms with van der Waals surface area (Å²) >= 11 is 0. The molecule has 0 fully saturated rings. The topological polar surface area (TPSA) is 68.6 Å². The molecular formula is C25H28N4O3. The molecule has 2 aliphatic heterocycles. The molecule has 0 unspecified atom stereocenters. The molecule has 3 aromatic rings. The Balaban J connectivity index is 1.23. The second-order valence-electron chi connectivity index (χ2n) is 8.44. The van der Waals surface area contributed by atoms with Gasteiger partial charge in [0, 0.05) is 31.3 Å². The largest absolute Gasteiger partial charge is 0.486 e. The highest BCUT2D eigenvalue weighted by Crippen LogP contribution is 2.32. The molecule has 0 spiro atoms. The summed E-state index contributed by atoms with van der Waals surface area (Å²) in [6, 6.07) is 15.7. The molecule has 7 heteroatoms. The Labute approximate surface area is 187 Å². The normalized spacial score (nSPS) is 15.8. The lowest BCUT2D eigenvalue weighted by Crippen LogP contribution is -2.31. The number of aryl methyl sites for hydroxylation is 2. The Morgan fingerprint density at radius 1 is 1.06 bits per heavy atom. The van der Waals surface area contributed by atoms with Crippen molar-refractivity contribution < 1.29 is 14.3 Å². The average Bonchev–Trinajstić information content (AvgIpc) is 3.20. The summed E-state index contributed by atoms with van der Waals surface area (Å²) in [6.07, 6.45) is 1.09. The van der Waals surface area contributed by atoms with Crippen molar-refractivity contribution in [3.8, 4) is 11.5 Å². The van der Waals surface area contributed by atoms with Crippen LogP contribution in [0.4, 0.5) is 5.82 Å². The summed E-state index contributed by atoms with van der Waals surface area (Å²) < 4.78 is 13.3. The molecule has 166 valence electrons. The maximum Gasteiger partial charge on any atom is 0.251 e. The Kier molecular flexibility index (Phi) is 5.47. The van der Waals surface area contributed by atoms with Crippen LogP contribution >= 0.6 is 0 Å².